The largest absolute Gasteiger partial charge is 0.355 e. The molecule has 0 bridgehead atoms. The minimum absolute atomic E-state index is 0.0992. The Kier molecular flexibility index (Phi) is 8.74. The van der Waals surface area contributed by atoms with Crippen molar-refractivity contribution in [2.24, 2.45) is 0 Å². The molecule has 0 aromatic carbocycles. The molecule has 2 aliphatic heterocycles. The van der Waals surface area contributed by atoms with Crippen LogP contribution in [0.2, 0.25) is 0 Å². The molecule has 3 rings (SSSR count). The number of nitriles is 1. The summed E-state index contributed by atoms with van der Waals surface area (Å²) in [6, 6.07) is 2.12. The number of piperazine rings is 1. The Morgan fingerprint density at radius 1 is 1.09 bits per heavy atom. The van der Waals surface area contributed by atoms with Crippen molar-refractivity contribution in [3.8, 4) is 6.07 Å². The Labute approximate surface area is 206 Å². The summed E-state index contributed by atoms with van der Waals surface area (Å²) >= 11 is 6.75. The van der Waals surface area contributed by atoms with E-state index in [-0.39, 0.29) is 17.0 Å². The predicted octanol–water partition coefficient (Wildman–Crippen LogP) is 3.58. The van der Waals surface area contributed by atoms with Crippen molar-refractivity contribution in [3.63, 3.8) is 0 Å². The highest BCUT2D eigenvalue weighted by Crippen LogP contribution is 2.36. The third-order valence-electron chi connectivity index (χ3n) is 6.30. The molecule has 0 N–H and O–H groups in total. The summed E-state index contributed by atoms with van der Waals surface area (Å²) in [4.78, 5) is 33.2. The second kappa shape index (κ2) is 11.3. The highest BCUT2D eigenvalue weighted by molar-refractivity contribution is 8.26. The number of nitrogens with zero attached hydrogens (tertiary/aromatic N) is 5. The zero-order valence-electron chi connectivity index (χ0n) is 20.0. The SMILES string of the molecule is CCCCn1c(N2CCN(CC)CC2)c(/C=C2/SC(=S)N(CCC)C2=O)c(C)c(C#N)c1=O. The van der Waals surface area contributed by atoms with E-state index in [4.69, 9.17) is 12.2 Å². The summed E-state index contributed by atoms with van der Waals surface area (Å²) in [7, 11) is 0. The summed E-state index contributed by atoms with van der Waals surface area (Å²) in [5.74, 6) is 0.722. The van der Waals surface area contributed by atoms with Crippen molar-refractivity contribution >= 4 is 46.1 Å². The van der Waals surface area contributed by atoms with Crippen LogP contribution in [-0.2, 0) is 11.3 Å². The summed E-state index contributed by atoms with van der Waals surface area (Å²) < 4.78 is 2.32. The van der Waals surface area contributed by atoms with Gasteiger partial charge in [-0.1, -0.05) is 51.2 Å². The normalized spacial score (nSPS) is 18.5. The number of anilines is 1. The van der Waals surface area contributed by atoms with E-state index in [1.807, 2.05) is 19.9 Å². The van der Waals surface area contributed by atoms with E-state index in [0.717, 1.165) is 63.4 Å². The molecule has 0 radical (unpaired) electrons. The van der Waals surface area contributed by atoms with Gasteiger partial charge in [0.1, 0.15) is 21.8 Å². The van der Waals surface area contributed by atoms with Crippen molar-refractivity contribution in [2.45, 2.75) is 53.5 Å². The molecule has 1 aromatic rings. The summed E-state index contributed by atoms with van der Waals surface area (Å²) in [5.41, 5.74) is 1.32. The molecule has 2 saturated heterocycles. The maximum Gasteiger partial charge on any atom is 0.270 e. The lowest BCUT2D eigenvalue weighted by atomic mass is 10.0. The molecule has 7 nitrogen and oxygen atoms in total. The number of hydrogen-bond acceptors (Lipinski definition) is 7. The van der Waals surface area contributed by atoms with Crippen LogP contribution >= 0.6 is 24.0 Å². The van der Waals surface area contributed by atoms with Crippen LogP contribution in [0, 0.1) is 18.3 Å². The van der Waals surface area contributed by atoms with Crippen LogP contribution in [0.3, 0.4) is 0 Å². The highest BCUT2D eigenvalue weighted by Gasteiger charge is 2.33. The molecule has 3 heterocycles. The van der Waals surface area contributed by atoms with E-state index in [1.165, 1.54) is 11.8 Å². The molecule has 2 fully saturated rings. The van der Waals surface area contributed by atoms with E-state index in [0.29, 0.717) is 27.9 Å². The van der Waals surface area contributed by atoms with Crippen LogP contribution in [0.5, 0.6) is 0 Å². The Balaban J connectivity index is 2.19. The predicted molar refractivity (Wildman–Crippen MR) is 140 cm³/mol. The molecule has 0 saturated carbocycles. The van der Waals surface area contributed by atoms with Crippen LogP contribution in [-0.4, -0.2) is 63.9 Å². The number of pyridine rings is 1. The van der Waals surface area contributed by atoms with Crippen LogP contribution in [0.15, 0.2) is 9.70 Å². The molecule has 9 heteroatoms. The van der Waals surface area contributed by atoms with E-state index in [2.05, 4.69) is 29.7 Å². The first-order chi connectivity index (χ1) is 15.9. The lowest BCUT2D eigenvalue weighted by molar-refractivity contribution is -0.122. The fourth-order valence-corrected chi connectivity index (χ4v) is 5.62. The standard InChI is InChI=1S/C24H33N5O2S2/c1-5-8-10-28-21(27-13-11-26(7-3)12-14-27)18(17(4)19(16-25)22(28)30)15-20-23(31)29(9-6-2)24(32)33-20/h15H,5-14H2,1-4H3/b20-15+. The summed E-state index contributed by atoms with van der Waals surface area (Å²) in [5, 5.41) is 9.80. The van der Waals surface area contributed by atoms with Gasteiger partial charge in [0.2, 0.25) is 0 Å². The molecule has 178 valence electrons. The van der Waals surface area contributed by atoms with Gasteiger partial charge in [-0.3, -0.25) is 19.1 Å². The van der Waals surface area contributed by atoms with Gasteiger partial charge in [0, 0.05) is 44.8 Å². The lowest BCUT2D eigenvalue weighted by Gasteiger charge is -2.37. The summed E-state index contributed by atoms with van der Waals surface area (Å²) in [6.07, 6.45) is 4.46. The molecule has 0 unspecified atom stereocenters. The van der Waals surface area contributed by atoms with Crippen LogP contribution in [0.25, 0.3) is 6.08 Å². The van der Waals surface area contributed by atoms with E-state index in [9.17, 15) is 14.9 Å². The van der Waals surface area contributed by atoms with Gasteiger partial charge in [0.05, 0.1) is 4.91 Å². The maximum absolute atomic E-state index is 13.3. The highest BCUT2D eigenvalue weighted by atomic mass is 32.2. The number of rotatable bonds is 8. The first-order valence-electron chi connectivity index (χ1n) is 11.8. The first-order valence-corrected chi connectivity index (χ1v) is 13.0. The number of thiocarbonyl (C=S) groups is 1. The third-order valence-corrected chi connectivity index (χ3v) is 7.67. The number of unbranched alkanes of at least 4 members (excludes halogenated alkanes) is 1. The van der Waals surface area contributed by atoms with E-state index < -0.39 is 0 Å². The molecule has 1 aromatic heterocycles. The number of hydrogen-bond donors (Lipinski definition) is 0. The van der Waals surface area contributed by atoms with Crippen molar-refractivity contribution in [1.82, 2.24) is 14.4 Å². The van der Waals surface area contributed by atoms with Crippen molar-refractivity contribution < 1.29 is 4.79 Å². The van der Waals surface area contributed by atoms with Crippen LogP contribution in [0.4, 0.5) is 5.82 Å². The third kappa shape index (κ3) is 5.18. The zero-order chi connectivity index (χ0) is 24.1. The minimum Gasteiger partial charge on any atom is -0.355 e. The van der Waals surface area contributed by atoms with E-state index >= 15 is 0 Å². The van der Waals surface area contributed by atoms with Gasteiger partial charge in [0.25, 0.3) is 11.5 Å². The Bertz CT molecular complexity index is 1050. The fraction of sp³-hybridized carbons (Fsp3) is 0.583. The Hall–Kier alpha value is -2.15. The molecular weight excluding hydrogens is 454 g/mol. The van der Waals surface area contributed by atoms with Crippen molar-refractivity contribution in [3.05, 3.63) is 31.9 Å². The smallest absolute Gasteiger partial charge is 0.270 e. The van der Waals surface area contributed by atoms with Crippen molar-refractivity contribution in [2.75, 3.05) is 44.2 Å². The van der Waals surface area contributed by atoms with Crippen LogP contribution < -0.4 is 10.5 Å². The maximum atomic E-state index is 13.3. The fourth-order valence-electron chi connectivity index (χ4n) is 4.33. The van der Waals surface area contributed by atoms with Gasteiger partial charge in [-0.05, 0) is 37.9 Å². The van der Waals surface area contributed by atoms with E-state index in [1.54, 1.807) is 9.47 Å². The van der Waals surface area contributed by atoms with Gasteiger partial charge in [-0.15, -0.1) is 0 Å². The second-order valence-corrected chi connectivity index (χ2v) is 10.1. The number of carbonyl (C=O) groups excluding carboxylic acids is 1. The number of carbonyl (C=O) groups is 1. The average molecular weight is 488 g/mol. The van der Waals surface area contributed by atoms with Gasteiger partial charge < -0.3 is 9.80 Å². The number of likely N-dealkylation sites (N-methyl/N-ethyl adjacent to an activating group) is 1. The Morgan fingerprint density at radius 3 is 2.36 bits per heavy atom. The van der Waals surface area contributed by atoms with Crippen LogP contribution in [0.1, 0.15) is 56.7 Å². The minimum atomic E-state index is -0.243. The number of thioether (sulfide) groups is 1. The molecule has 0 atom stereocenters. The quantitative estimate of drug-likeness (QED) is 0.410. The zero-order valence-corrected chi connectivity index (χ0v) is 21.7. The first kappa shape index (κ1) is 25.5. The Morgan fingerprint density at radius 2 is 1.79 bits per heavy atom. The molecule has 2 aliphatic rings. The molecular formula is C24H33N5O2S2. The molecule has 0 spiro atoms. The molecule has 33 heavy (non-hydrogen) atoms. The topological polar surface area (TPSA) is 72.6 Å². The average Bonchev–Trinajstić information content (AvgIpc) is 3.08. The van der Waals surface area contributed by atoms with Gasteiger partial charge in [-0.2, -0.15) is 5.26 Å². The molecule has 1 amide bonds. The lowest BCUT2D eigenvalue weighted by Crippen LogP contribution is -2.48. The van der Waals surface area contributed by atoms with Gasteiger partial charge in [-0.25, -0.2) is 0 Å². The monoisotopic (exact) mass is 487 g/mol. The number of aromatic nitrogens is 1. The van der Waals surface area contributed by atoms with Gasteiger partial charge in [0.15, 0.2) is 0 Å². The second-order valence-electron chi connectivity index (χ2n) is 8.41. The number of amides is 1. The van der Waals surface area contributed by atoms with Crippen molar-refractivity contribution in [1.29, 1.82) is 5.26 Å². The summed E-state index contributed by atoms with van der Waals surface area (Å²) in [6.45, 7) is 13.6. The molecule has 0 aliphatic carbocycles. The van der Waals surface area contributed by atoms with Gasteiger partial charge >= 0.3 is 0 Å².